The third-order valence-electron chi connectivity index (χ3n) is 6.28. The zero-order valence-corrected chi connectivity index (χ0v) is 26.4. The van der Waals surface area contributed by atoms with Gasteiger partial charge in [0.05, 0.1) is 24.9 Å². The number of ether oxygens (including phenoxy) is 4. The van der Waals surface area contributed by atoms with Crippen molar-refractivity contribution >= 4 is 34.2 Å². The van der Waals surface area contributed by atoms with Crippen molar-refractivity contribution in [2.75, 3.05) is 53.4 Å². The fraction of sp³-hybridized carbons (Fsp3) is 1.00. The lowest BCUT2D eigenvalue weighted by Gasteiger charge is -2.56. The first-order valence-electron chi connectivity index (χ1n) is 11.6. The zero-order valence-electron chi connectivity index (χ0n) is 22.4. The second kappa shape index (κ2) is 12.5. The van der Waals surface area contributed by atoms with Gasteiger partial charge in [0, 0.05) is 28.4 Å². The number of rotatable bonds is 12. The van der Waals surface area contributed by atoms with Gasteiger partial charge in [-0.1, -0.05) is 55.4 Å². The van der Waals surface area contributed by atoms with Gasteiger partial charge < -0.3 is 35.4 Å². The van der Waals surface area contributed by atoms with Gasteiger partial charge in [0.15, 0.2) is 0 Å². The smallest absolute Gasteiger partial charge is 0.350 e. The zero-order chi connectivity index (χ0) is 24.8. The summed E-state index contributed by atoms with van der Waals surface area (Å²) in [5.41, 5.74) is 0.482. The van der Waals surface area contributed by atoms with Gasteiger partial charge in [-0.15, -0.1) is 0 Å². The van der Waals surface area contributed by atoms with Crippen molar-refractivity contribution in [3.63, 3.8) is 0 Å². The van der Waals surface area contributed by atoms with E-state index in [1.807, 2.05) is 0 Å². The number of methoxy groups -OCH3 is 4. The van der Waals surface area contributed by atoms with Crippen LogP contribution in [0.5, 0.6) is 0 Å². The maximum absolute atomic E-state index is 7.24. The summed E-state index contributed by atoms with van der Waals surface area (Å²) >= 11 is 0. The molecule has 0 aromatic carbocycles. The Hall–Kier alpha value is 0.548. The summed E-state index contributed by atoms with van der Waals surface area (Å²) < 4.78 is 51.9. The summed E-state index contributed by atoms with van der Waals surface area (Å²) in [6.45, 7) is 17.2. The van der Waals surface area contributed by atoms with Gasteiger partial charge in [-0.2, -0.15) is 0 Å². The Bertz CT molecular complexity index is 458. The molecule has 0 spiro atoms. The quantitative estimate of drug-likeness (QED) is 0.349. The van der Waals surface area contributed by atoms with E-state index >= 15 is 0 Å². The molecule has 0 saturated carbocycles. The van der Waals surface area contributed by atoms with Crippen LogP contribution in [0.25, 0.3) is 0 Å². The molecule has 0 amide bonds. The van der Waals surface area contributed by atoms with Crippen molar-refractivity contribution < 1.29 is 35.4 Å². The molecule has 12 heteroatoms. The molecule has 0 aliphatic carbocycles. The predicted molar refractivity (Wildman–Crippen MR) is 135 cm³/mol. The first-order chi connectivity index (χ1) is 14.8. The van der Waals surface area contributed by atoms with Crippen molar-refractivity contribution in [2.45, 2.75) is 77.6 Å². The average molecular weight is 529 g/mol. The van der Waals surface area contributed by atoms with Crippen LogP contribution in [0, 0.1) is 0 Å². The van der Waals surface area contributed by atoms with E-state index in [1.165, 1.54) is 0 Å². The Morgan fingerprint density at radius 3 is 0.656 bits per heavy atom. The molecule has 0 radical (unpaired) electrons. The van der Waals surface area contributed by atoms with Crippen LogP contribution < -0.4 is 0 Å². The molecule has 0 unspecified atom stereocenters. The minimum absolute atomic E-state index is 0.121. The molecule has 1 rings (SSSR count). The van der Waals surface area contributed by atoms with Gasteiger partial charge in [0.1, 0.15) is 0 Å². The van der Waals surface area contributed by atoms with E-state index in [0.29, 0.717) is 24.9 Å². The highest BCUT2D eigenvalue weighted by atomic mass is 28.5. The van der Waals surface area contributed by atoms with E-state index in [1.54, 1.807) is 28.4 Å². The van der Waals surface area contributed by atoms with Crippen molar-refractivity contribution in [3.05, 3.63) is 0 Å². The number of hydrogen-bond acceptors (Lipinski definition) is 8. The van der Waals surface area contributed by atoms with Crippen LogP contribution >= 0.6 is 0 Å². The molecule has 1 aliphatic heterocycles. The monoisotopic (exact) mass is 528 g/mol. The summed E-state index contributed by atoms with van der Waals surface area (Å²) in [6.07, 6.45) is 1.59. The van der Waals surface area contributed by atoms with E-state index < -0.39 is 34.2 Å². The fourth-order valence-corrected chi connectivity index (χ4v) is 27.8. The predicted octanol–water partition coefficient (Wildman–Crippen LogP) is 4.22. The second-order valence-corrected chi connectivity index (χ2v) is 25.5. The molecular formula is C20H48O8Si4. The summed E-state index contributed by atoms with van der Waals surface area (Å²) in [6, 6.07) is 0. The molecule has 32 heavy (non-hydrogen) atoms. The molecule has 0 N–H and O–H groups in total. The fourth-order valence-electron chi connectivity index (χ4n) is 3.90. The molecule has 0 bridgehead atoms. The lowest BCUT2D eigenvalue weighted by Crippen LogP contribution is -2.77. The normalized spacial score (nSPS) is 34.5. The summed E-state index contributed by atoms with van der Waals surface area (Å²) in [4.78, 5) is 0. The largest absolute Gasteiger partial charge is 0.412 e. The van der Waals surface area contributed by atoms with Gasteiger partial charge >= 0.3 is 34.2 Å². The lowest BCUT2D eigenvalue weighted by atomic mass is 10.6. The molecule has 1 fully saturated rings. The SMILES string of the molecule is COC[Si]1(C(C)C)O[Si](COC)(C(C)C)O[Si](COC)(C(C)C)O[Si](COC)(C(C)C)O1. The summed E-state index contributed by atoms with van der Waals surface area (Å²) in [5.74, 6) is 0. The first kappa shape index (κ1) is 30.6. The van der Waals surface area contributed by atoms with Gasteiger partial charge in [-0.25, -0.2) is 0 Å². The molecule has 0 aromatic heterocycles. The number of hydrogen-bond donors (Lipinski definition) is 0. The summed E-state index contributed by atoms with van der Waals surface area (Å²) in [7, 11) is -5.04. The van der Waals surface area contributed by atoms with Crippen LogP contribution in [0.15, 0.2) is 0 Å². The van der Waals surface area contributed by atoms with Crippen molar-refractivity contribution in [1.82, 2.24) is 0 Å². The van der Waals surface area contributed by atoms with Gasteiger partial charge in [-0.3, -0.25) is 0 Å². The highest BCUT2D eigenvalue weighted by Crippen LogP contribution is 2.45. The molecule has 0 aromatic rings. The third-order valence-corrected chi connectivity index (χ3v) is 27.1. The molecule has 192 valence electrons. The Morgan fingerprint density at radius 1 is 0.406 bits per heavy atom. The Morgan fingerprint density at radius 2 is 0.562 bits per heavy atom. The Labute approximate surface area is 200 Å². The Balaban J connectivity index is 3.91. The standard InChI is InChI=1S/C20H48O8Si4/c1-17(2)29(13-21-9)25-30(14-22-10,18(3)4)27-32(16-24-12,20(7)8)28-31(26-29,15-23-11)19(5)6/h17-20H,13-16H2,1-12H3. The molecule has 1 saturated heterocycles. The molecule has 8 nitrogen and oxygen atoms in total. The topological polar surface area (TPSA) is 73.8 Å². The highest BCUT2D eigenvalue weighted by Gasteiger charge is 2.66. The van der Waals surface area contributed by atoms with E-state index in [9.17, 15) is 0 Å². The van der Waals surface area contributed by atoms with Crippen LogP contribution in [-0.4, -0.2) is 87.6 Å². The van der Waals surface area contributed by atoms with Crippen molar-refractivity contribution in [2.24, 2.45) is 0 Å². The van der Waals surface area contributed by atoms with Crippen LogP contribution in [-0.2, 0) is 35.4 Å². The van der Waals surface area contributed by atoms with Crippen LogP contribution in [0.1, 0.15) is 55.4 Å². The van der Waals surface area contributed by atoms with E-state index in [0.717, 1.165) is 0 Å². The first-order valence-corrected chi connectivity index (χ1v) is 20.0. The second-order valence-electron chi connectivity index (χ2n) is 10.0. The van der Waals surface area contributed by atoms with E-state index in [2.05, 4.69) is 55.4 Å². The van der Waals surface area contributed by atoms with Crippen molar-refractivity contribution in [1.29, 1.82) is 0 Å². The highest BCUT2D eigenvalue weighted by molar-refractivity contribution is 6.96. The average Bonchev–Trinajstić information content (AvgIpc) is 2.66. The Kier molecular flexibility index (Phi) is 11.9. The van der Waals surface area contributed by atoms with Crippen LogP contribution in [0.2, 0.25) is 22.2 Å². The molecule has 0 atom stereocenters. The molecular weight excluding hydrogens is 481 g/mol. The van der Waals surface area contributed by atoms with Gasteiger partial charge in [0.2, 0.25) is 0 Å². The lowest BCUT2D eigenvalue weighted by molar-refractivity contribution is 0.105. The van der Waals surface area contributed by atoms with E-state index in [4.69, 9.17) is 35.4 Å². The maximum Gasteiger partial charge on any atom is 0.350 e. The third kappa shape index (κ3) is 6.40. The molecule has 1 aliphatic rings. The molecule has 1 heterocycles. The van der Waals surface area contributed by atoms with Crippen LogP contribution in [0.3, 0.4) is 0 Å². The van der Waals surface area contributed by atoms with Gasteiger partial charge in [0.25, 0.3) is 0 Å². The minimum atomic E-state index is -2.96. The van der Waals surface area contributed by atoms with Crippen molar-refractivity contribution in [3.8, 4) is 0 Å². The van der Waals surface area contributed by atoms with E-state index in [-0.39, 0.29) is 22.2 Å². The van der Waals surface area contributed by atoms with Gasteiger partial charge in [-0.05, 0) is 22.2 Å². The maximum atomic E-state index is 7.24. The van der Waals surface area contributed by atoms with Crippen LogP contribution in [0.4, 0.5) is 0 Å². The summed E-state index contributed by atoms with van der Waals surface area (Å²) in [5, 5.41) is 0. The minimum Gasteiger partial charge on any atom is -0.412 e.